The zero-order chi connectivity index (χ0) is 10.7. The molecule has 1 aromatic heterocycles. The monoisotopic (exact) mass is 195 g/mol. The third-order valence-corrected chi connectivity index (χ3v) is 2.95. The minimum Gasteiger partial charge on any atom is -0.310 e. The maximum absolute atomic E-state index is 4.22. The second kappa shape index (κ2) is 4.60. The first-order valence-corrected chi connectivity index (χ1v) is 5.23. The number of aryl methyl sites for hydroxylation is 1. The number of hydrogen-bond acceptors (Lipinski definition) is 2. The lowest BCUT2D eigenvalue weighted by Crippen LogP contribution is -2.30. The molecule has 0 saturated carbocycles. The number of hydrogen-bond donors (Lipinski definition) is 1. The summed E-state index contributed by atoms with van der Waals surface area (Å²) in [6.07, 6.45) is 1.94. The molecule has 0 aliphatic heterocycles. The fourth-order valence-electron chi connectivity index (χ4n) is 1.22. The van der Waals surface area contributed by atoms with Gasteiger partial charge < -0.3 is 5.32 Å². The highest BCUT2D eigenvalue weighted by Gasteiger charge is 2.08. The average Bonchev–Trinajstić information content (AvgIpc) is 2.44. The Morgan fingerprint density at radius 2 is 2.07 bits per heavy atom. The molecule has 3 heteroatoms. The van der Waals surface area contributed by atoms with E-state index in [1.807, 2.05) is 17.9 Å². The molecule has 1 atom stereocenters. The van der Waals surface area contributed by atoms with Crippen LogP contribution in [0.25, 0.3) is 0 Å². The maximum atomic E-state index is 4.22. The van der Waals surface area contributed by atoms with Gasteiger partial charge in [-0.3, -0.25) is 4.68 Å². The molecule has 1 N–H and O–H groups in total. The molecule has 0 aliphatic carbocycles. The molecule has 0 unspecified atom stereocenters. The van der Waals surface area contributed by atoms with Crippen molar-refractivity contribution in [3.63, 3.8) is 0 Å². The fraction of sp³-hybridized carbons (Fsp3) is 0.727. The van der Waals surface area contributed by atoms with Gasteiger partial charge in [0.15, 0.2) is 0 Å². The molecule has 80 valence electrons. The van der Waals surface area contributed by atoms with Crippen LogP contribution in [-0.2, 0) is 13.6 Å². The van der Waals surface area contributed by atoms with Gasteiger partial charge in [0.2, 0.25) is 0 Å². The van der Waals surface area contributed by atoms with Gasteiger partial charge in [0.1, 0.15) is 0 Å². The molecular formula is C11H21N3. The van der Waals surface area contributed by atoms with Crippen LogP contribution < -0.4 is 5.32 Å². The Bertz CT molecular complexity index is 289. The predicted molar refractivity (Wildman–Crippen MR) is 59.1 cm³/mol. The van der Waals surface area contributed by atoms with E-state index < -0.39 is 0 Å². The van der Waals surface area contributed by atoms with Crippen LogP contribution >= 0.6 is 0 Å². The second-order valence-corrected chi connectivity index (χ2v) is 4.29. The van der Waals surface area contributed by atoms with E-state index >= 15 is 0 Å². The van der Waals surface area contributed by atoms with E-state index in [1.165, 1.54) is 11.3 Å². The standard InChI is InChI=1S/C11H21N3/c1-8(2)9(3)12-6-11-7-13-14(5)10(11)4/h7-9,12H,6H2,1-5H3/t9-/m1/s1. The molecule has 0 fully saturated rings. The highest BCUT2D eigenvalue weighted by atomic mass is 15.3. The summed E-state index contributed by atoms with van der Waals surface area (Å²) in [5, 5.41) is 7.71. The molecule has 0 radical (unpaired) electrons. The molecule has 0 aromatic carbocycles. The summed E-state index contributed by atoms with van der Waals surface area (Å²) in [5.74, 6) is 0.673. The van der Waals surface area contributed by atoms with Gasteiger partial charge >= 0.3 is 0 Å². The topological polar surface area (TPSA) is 29.9 Å². The summed E-state index contributed by atoms with van der Waals surface area (Å²) in [6.45, 7) is 9.70. The molecule has 3 nitrogen and oxygen atoms in total. The lowest BCUT2D eigenvalue weighted by Gasteiger charge is -2.17. The molecule has 0 saturated heterocycles. The Hall–Kier alpha value is -0.830. The van der Waals surface area contributed by atoms with Crippen molar-refractivity contribution in [3.8, 4) is 0 Å². The highest BCUT2D eigenvalue weighted by molar-refractivity contribution is 5.15. The van der Waals surface area contributed by atoms with Crippen LogP contribution in [0.5, 0.6) is 0 Å². The first-order valence-electron chi connectivity index (χ1n) is 5.23. The lowest BCUT2D eigenvalue weighted by molar-refractivity contribution is 0.425. The fourth-order valence-corrected chi connectivity index (χ4v) is 1.22. The largest absolute Gasteiger partial charge is 0.310 e. The molecule has 0 bridgehead atoms. The second-order valence-electron chi connectivity index (χ2n) is 4.29. The van der Waals surface area contributed by atoms with Crippen LogP contribution in [0.4, 0.5) is 0 Å². The van der Waals surface area contributed by atoms with Crippen LogP contribution in [0.3, 0.4) is 0 Å². The van der Waals surface area contributed by atoms with Gasteiger partial charge in [0, 0.05) is 30.9 Å². The SMILES string of the molecule is Cc1c(CN[C@H](C)C(C)C)cnn1C. The normalized spacial score (nSPS) is 13.6. The van der Waals surface area contributed by atoms with Crippen LogP contribution in [0.1, 0.15) is 32.0 Å². The van der Waals surface area contributed by atoms with Crippen molar-refractivity contribution in [1.29, 1.82) is 0 Å². The molecule has 0 aliphatic rings. The first-order chi connectivity index (χ1) is 6.52. The van der Waals surface area contributed by atoms with Gasteiger partial charge in [0.25, 0.3) is 0 Å². The van der Waals surface area contributed by atoms with Crippen molar-refractivity contribution < 1.29 is 0 Å². The minimum absolute atomic E-state index is 0.551. The van der Waals surface area contributed by atoms with Crippen molar-refractivity contribution in [2.75, 3.05) is 0 Å². The van der Waals surface area contributed by atoms with Crippen LogP contribution in [0.15, 0.2) is 6.20 Å². The minimum atomic E-state index is 0.551. The lowest BCUT2D eigenvalue weighted by atomic mass is 10.1. The van der Waals surface area contributed by atoms with Crippen molar-refractivity contribution in [2.24, 2.45) is 13.0 Å². The molecule has 1 heterocycles. The van der Waals surface area contributed by atoms with Crippen molar-refractivity contribution in [1.82, 2.24) is 15.1 Å². The van der Waals surface area contributed by atoms with Gasteiger partial charge in [-0.1, -0.05) is 13.8 Å². The first kappa shape index (κ1) is 11.2. The molecule has 14 heavy (non-hydrogen) atoms. The summed E-state index contributed by atoms with van der Waals surface area (Å²) in [5.41, 5.74) is 2.54. The Kier molecular flexibility index (Phi) is 3.69. The van der Waals surface area contributed by atoms with E-state index in [9.17, 15) is 0 Å². The van der Waals surface area contributed by atoms with E-state index in [-0.39, 0.29) is 0 Å². The average molecular weight is 195 g/mol. The zero-order valence-electron chi connectivity index (χ0n) is 9.83. The van der Waals surface area contributed by atoms with Crippen molar-refractivity contribution >= 4 is 0 Å². The van der Waals surface area contributed by atoms with E-state index in [4.69, 9.17) is 0 Å². The predicted octanol–water partition coefficient (Wildman–Crippen LogP) is 1.86. The van der Waals surface area contributed by atoms with E-state index in [1.54, 1.807) is 0 Å². The van der Waals surface area contributed by atoms with Gasteiger partial charge in [-0.05, 0) is 19.8 Å². The summed E-state index contributed by atoms with van der Waals surface area (Å²) >= 11 is 0. The highest BCUT2D eigenvalue weighted by Crippen LogP contribution is 2.07. The summed E-state index contributed by atoms with van der Waals surface area (Å²) in [7, 11) is 1.98. The van der Waals surface area contributed by atoms with Gasteiger partial charge in [0.05, 0.1) is 6.20 Å². The quantitative estimate of drug-likeness (QED) is 0.794. The van der Waals surface area contributed by atoms with E-state index in [0.717, 1.165) is 6.54 Å². The van der Waals surface area contributed by atoms with Crippen LogP contribution in [0.2, 0.25) is 0 Å². The third-order valence-electron chi connectivity index (χ3n) is 2.95. The van der Waals surface area contributed by atoms with E-state index in [2.05, 4.69) is 38.1 Å². The third kappa shape index (κ3) is 2.58. The molecule has 1 aromatic rings. The van der Waals surface area contributed by atoms with Crippen LogP contribution in [-0.4, -0.2) is 15.8 Å². The molecule has 0 spiro atoms. The molecule has 0 amide bonds. The Morgan fingerprint density at radius 3 is 2.50 bits per heavy atom. The summed E-state index contributed by atoms with van der Waals surface area (Å²) in [4.78, 5) is 0. The molecule has 1 rings (SSSR count). The summed E-state index contributed by atoms with van der Waals surface area (Å²) in [6, 6.07) is 0.551. The van der Waals surface area contributed by atoms with Crippen LogP contribution in [0, 0.1) is 12.8 Å². The molecular weight excluding hydrogens is 174 g/mol. The van der Waals surface area contributed by atoms with E-state index in [0.29, 0.717) is 12.0 Å². The maximum Gasteiger partial charge on any atom is 0.0537 e. The smallest absolute Gasteiger partial charge is 0.0537 e. The number of rotatable bonds is 4. The van der Waals surface area contributed by atoms with Gasteiger partial charge in [-0.15, -0.1) is 0 Å². The Labute approximate surface area is 86.5 Å². The number of aromatic nitrogens is 2. The number of nitrogens with zero attached hydrogens (tertiary/aromatic N) is 2. The zero-order valence-corrected chi connectivity index (χ0v) is 9.83. The Balaban J connectivity index is 2.50. The van der Waals surface area contributed by atoms with Crippen molar-refractivity contribution in [3.05, 3.63) is 17.5 Å². The number of nitrogens with one attached hydrogen (secondary N) is 1. The van der Waals surface area contributed by atoms with Gasteiger partial charge in [-0.25, -0.2) is 0 Å². The van der Waals surface area contributed by atoms with Gasteiger partial charge in [-0.2, -0.15) is 5.10 Å². The van der Waals surface area contributed by atoms with Crippen molar-refractivity contribution in [2.45, 2.75) is 40.3 Å². The summed E-state index contributed by atoms with van der Waals surface area (Å²) < 4.78 is 1.91. The Morgan fingerprint density at radius 1 is 1.43 bits per heavy atom.